The van der Waals surface area contributed by atoms with Crippen molar-refractivity contribution in [2.24, 2.45) is 16.6 Å². The zero-order valence-electron chi connectivity index (χ0n) is 16.5. The molecule has 0 radical (unpaired) electrons. The van der Waals surface area contributed by atoms with Gasteiger partial charge in [0.1, 0.15) is 5.84 Å². The van der Waals surface area contributed by atoms with E-state index in [0.717, 1.165) is 37.1 Å². The van der Waals surface area contributed by atoms with Crippen molar-refractivity contribution in [2.75, 3.05) is 20.1 Å². The first kappa shape index (κ1) is 19.2. The van der Waals surface area contributed by atoms with Crippen molar-refractivity contribution < 1.29 is 4.79 Å². The zero-order chi connectivity index (χ0) is 19.4. The summed E-state index contributed by atoms with van der Waals surface area (Å²) < 4.78 is 0. The molecule has 0 bridgehead atoms. The number of allylic oxidation sites excluding steroid dienone is 6. The predicted octanol–water partition coefficient (Wildman–Crippen LogP) is 2.85. The Morgan fingerprint density at radius 3 is 2.48 bits per heavy atom. The number of hydrogen-bond donors (Lipinski definition) is 2. The van der Waals surface area contributed by atoms with Crippen molar-refractivity contribution in [1.82, 2.24) is 10.2 Å². The fraction of sp³-hybridized carbons (Fsp3) is 0.455. The molecule has 0 spiro atoms. The van der Waals surface area contributed by atoms with Gasteiger partial charge in [-0.15, -0.1) is 0 Å². The van der Waals surface area contributed by atoms with Crippen LogP contribution in [0.25, 0.3) is 0 Å². The Kier molecular flexibility index (Phi) is 5.99. The van der Waals surface area contributed by atoms with Crippen molar-refractivity contribution in [3.63, 3.8) is 0 Å². The average molecular weight is 367 g/mol. The lowest BCUT2D eigenvalue weighted by Crippen LogP contribution is -2.41. The molecule has 3 aliphatic rings. The van der Waals surface area contributed by atoms with Crippen LogP contribution in [-0.2, 0) is 4.79 Å². The van der Waals surface area contributed by atoms with Crippen molar-refractivity contribution in [3.05, 3.63) is 58.9 Å². The number of hydrogen-bond acceptors (Lipinski definition) is 3. The third-order valence-corrected chi connectivity index (χ3v) is 5.43. The van der Waals surface area contributed by atoms with Gasteiger partial charge in [0.05, 0.1) is 12.6 Å². The van der Waals surface area contributed by atoms with E-state index in [4.69, 9.17) is 10.7 Å². The van der Waals surface area contributed by atoms with E-state index in [1.54, 1.807) is 6.92 Å². The maximum Gasteiger partial charge on any atom is 0.219 e. The minimum absolute atomic E-state index is 0.0409. The van der Waals surface area contributed by atoms with E-state index >= 15 is 0 Å². The standard InChI is InChI=1S/C22H30N4O/c1-15-4-6-17(7-5-15)18-8-10-19(11-9-18)25-22(23)20-14-26(16(2)27)13-12-21(20)24-3/h4,6-10,15,19,24H,5,11-14H2,1-3H3,(H2,23,25). The molecule has 2 aliphatic carbocycles. The Bertz CT molecular complexity index is 782. The summed E-state index contributed by atoms with van der Waals surface area (Å²) in [5, 5.41) is 3.22. The molecule has 0 saturated carbocycles. The molecule has 1 heterocycles. The summed E-state index contributed by atoms with van der Waals surface area (Å²) in [5.41, 5.74) is 10.9. The van der Waals surface area contributed by atoms with Gasteiger partial charge in [0.2, 0.25) is 5.91 Å². The highest BCUT2D eigenvalue weighted by atomic mass is 16.2. The Morgan fingerprint density at radius 1 is 1.22 bits per heavy atom. The van der Waals surface area contributed by atoms with E-state index in [2.05, 4.69) is 48.7 Å². The van der Waals surface area contributed by atoms with Crippen molar-refractivity contribution in [2.45, 2.75) is 39.2 Å². The molecule has 1 aliphatic heterocycles. The van der Waals surface area contributed by atoms with Crippen LogP contribution in [0.2, 0.25) is 0 Å². The second-order valence-corrected chi connectivity index (χ2v) is 7.47. The highest BCUT2D eigenvalue weighted by Gasteiger charge is 2.23. The van der Waals surface area contributed by atoms with Crippen molar-refractivity contribution in [1.29, 1.82) is 0 Å². The number of amides is 1. The lowest BCUT2D eigenvalue weighted by molar-refractivity contribution is -0.128. The third kappa shape index (κ3) is 4.59. The normalized spacial score (nSPS) is 26.0. The molecule has 27 heavy (non-hydrogen) atoms. The van der Waals surface area contributed by atoms with Crippen LogP contribution in [0, 0.1) is 5.92 Å². The van der Waals surface area contributed by atoms with Gasteiger partial charge in [-0.3, -0.25) is 9.79 Å². The van der Waals surface area contributed by atoms with Crippen LogP contribution in [0.5, 0.6) is 0 Å². The van der Waals surface area contributed by atoms with E-state index in [0.29, 0.717) is 18.3 Å². The summed E-state index contributed by atoms with van der Waals surface area (Å²) in [6, 6.07) is 0.0409. The molecule has 3 N–H and O–H groups in total. The molecule has 2 unspecified atom stereocenters. The second-order valence-electron chi connectivity index (χ2n) is 7.47. The van der Waals surface area contributed by atoms with Gasteiger partial charge in [-0.05, 0) is 29.9 Å². The van der Waals surface area contributed by atoms with E-state index in [-0.39, 0.29) is 11.9 Å². The summed E-state index contributed by atoms with van der Waals surface area (Å²) in [6.45, 7) is 5.07. The quantitative estimate of drug-likeness (QED) is 0.594. The van der Waals surface area contributed by atoms with E-state index in [1.807, 2.05) is 11.9 Å². The van der Waals surface area contributed by atoms with Gasteiger partial charge in [0.25, 0.3) is 0 Å². The number of nitrogens with two attached hydrogens (primary N) is 1. The van der Waals surface area contributed by atoms with Gasteiger partial charge in [0, 0.05) is 38.2 Å². The van der Waals surface area contributed by atoms with Gasteiger partial charge >= 0.3 is 0 Å². The summed E-state index contributed by atoms with van der Waals surface area (Å²) in [6.07, 6.45) is 16.0. The molecular formula is C22H30N4O. The molecule has 0 fully saturated rings. The van der Waals surface area contributed by atoms with Gasteiger partial charge in [-0.1, -0.05) is 43.4 Å². The molecule has 3 rings (SSSR count). The fourth-order valence-electron chi connectivity index (χ4n) is 3.66. The average Bonchev–Trinajstić information content (AvgIpc) is 2.68. The second kappa shape index (κ2) is 8.42. The van der Waals surface area contributed by atoms with Gasteiger partial charge in [0.15, 0.2) is 0 Å². The Balaban J connectivity index is 1.70. The van der Waals surface area contributed by atoms with Crippen molar-refractivity contribution in [3.8, 4) is 0 Å². The van der Waals surface area contributed by atoms with Crippen LogP contribution in [0.4, 0.5) is 0 Å². The summed E-state index contributed by atoms with van der Waals surface area (Å²) in [4.78, 5) is 18.3. The van der Waals surface area contributed by atoms with E-state index in [9.17, 15) is 4.79 Å². The SMILES string of the molecule is CNC1=C(C(N)=NC2C=CC(C3=CCC(C)C=C3)=CC2)CN(C(C)=O)CC1. The Labute approximate surface area is 162 Å². The minimum atomic E-state index is 0.0409. The Hall–Kier alpha value is -2.56. The molecule has 0 aromatic carbocycles. The van der Waals surface area contributed by atoms with Crippen LogP contribution in [0.1, 0.15) is 33.1 Å². The van der Waals surface area contributed by atoms with Gasteiger partial charge in [-0.25, -0.2) is 0 Å². The first-order valence-corrected chi connectivity index (χ1v) is 9.74. The van der Waals surface area contributed by atoms with E-state index < -0.39 is 0 Å². The first-order valence-electron chi connectivity index (χ1n) is 9.74. The number of carbonyl (C=O) groups excluding carboxylic acids is 1. The molecule has 0 saturated heterocycles. The smallest absolute Gasteiger partial charge is 0.219 e. The molecule has 1 amide bonds. The zero-order valence-corrected chi connectivity index (χ0v) is 16.5. The van der Waals surface area contributed by atoms with Crippen LogP contribution >= 0.6 is 0 Å². The molecule has 5 nitrogen and oxygen atoms in total. The number of rotatable bonds is 4. The van der Waals surface area contributed by atoms with Crippen LogP contribution in [0.15, 0.2) is 63.9 Å². The van der Waals surface area contributed by atoms with Crippen LogP contribution < -0.4 is 11.1 Å². The molecule has 2 atom stereocenters. The molecule has 0 aromatic heterocycles. The number of amidine groups is 1. The maximum atomic E-state index is 11.7. The van der Waals surface area contributed by atoms with Crippen LogP contribution in [-0.4, -0.2) is 42.8 Å². The van der Waals surface area contributed by atoms with Gasteiger partial charge in [-0.2, -0.15) is 0 Å². The monoisotopic (exact) mass is 366 g/mol. The maximum absolute atomic E-state index is 11.7. The molecule has 144 valence electrons. The summed E-state index contributed by atoms with van der Waals surface area (Å²) >= 11 is 0. The Morgan fingerprint density at radius 2 is 1.93 bits per heavy atom. The lowest BCUT2D eigenvalue weighted by Gasteiger charge is -2.30. The number of carbonyl (C=O) groups is 1. The largest absolute Gasteiger partial charge is 0.391 e. The summed E-state index contributed by atoms with van der Waals surface area (Å²) in [5.74, 6) is 1.23. The minimum Gasteiger partial charge on any atom is -0.391 e. The summed E-state index contributed by atoms with van der Waals surface area (Å²) in [7, 11) is 1.90. The number of nitrogens with one attached hydrogen (secondary N) is 1. The fourth-order valence-corrected chi connectivity index (χ4v) is 3.66. The topological polar surface area (TPSA) is 70.7 Å². The molecular weight excluding hydrogens is 336 g/mol. The first-order chi connectivity index (χ1) is 13.0. The third-order valence-electron chi connectivity index (χ3n) is 5.43. The predicted molar refractivity (Wildman–Crippen MR) is 111 cm³/mol. The van der Waals surface area contributed by atoms with Gasteiger partial charge < -0.3 is 16.0 Å². The van der Waals surface area contributed by atoms with Crippen LogP contribution in [0.3, 0.4) is 0 Å². The number of nitrogens with zero attached hydrogens (tertiary/aromatic N) is 2. The molecule has 5 heteroatoms. The van der Waals surface area contributed by atoms with E-state index in [1.165, 1.54) is 11.1 Å². The molecule has 0 aromatic rings. The lowest BCUT2D eigenvalue weighted by atomic mass is 9.91. The highest BCUT2D eigenvalue weighted by Crippen LogP contribution is 2.26. The number of aliphatic imine (C=N–C) groups is 1. The van der Waals surface area contributed by atoms with Crippen molar-refractivity contribution >= 4 is 11.7 Å². The highest BCUT2D eigenvalue weighted by molar-refractivity contribution is 5.99.